The number of nitrogens with zero attached hydrogens (tertiary/aromatic N) is 2. The fourth-order valence-electron chi connectivity index (χ4n) is 1.47. The number of aromatic nitrogens is 2. The van der Waals surface area contributed by atoms with Crippen LogP contribution in [0.1, 0.15) is 16.1 Å². The number of hydrogen-bond acceptors (Lipinski definition) is 4. The van der Waals surface area contributed by atoms with Crippen LogP contribution in [0, 0.1) is 0 Å². The van der Waals surface area contributed by atoms with Crippen LogP contribution in [0.25, 0.3) is 6.08 Å². The van der Waals surface area contributed by atoms with Crippen molar-refractivity contribution in [2.24, 2.45) is 0 Å². The van der Waals surface area contributed by atoms with E-state index in [0.29, 0.717) is 11.3 Å². The fraction of sp³-hybridized carbons (Fsp3) is 0. The van der Waals surface area contributed by atoms with Crippen LogP contribution in [0.5, 0.6) is 0 Å². The summed E-state index contributed by atoms with van der Waals surface area (Å²) in [6.07, 6.45) is 5.55. The number of carboxylic acid groups (broad SMARTS) is 1. The van der Waals surface area contributed by atoms with Crippen LogP contribution in [0.4, 0.5) is 0 Å². The lowest BCUT2D eigenvalue weighted by atomic mass is 10.2. The Morgan fingerprint density at radius 3 is 2.50 bits per heavy atom. The highest BCUT2D eigenvalue weighted by atomic mass is 16.4. The first-order chi connectivity index (χ1) is 9.66. The minimum absolute atomic E-state index is 0.264. The number of carboxylic acids is 1. The highest BCUT2D eigenvalue weighted by Gasteiger charge is 2.13. The van der Waals surface area contributed by atoms with Gasteiger partial charge in [0.15, 0.2) is 0 Å². The van der Waals surface area contributed by atoms with Crippen molar-refractivity contribution in [2.45, 2.75) is 0 Å². The number of carbonyl (C=O) groups is 2. The largest absolute Gasteiger partial charge is 0.477 e. The quantitative estimate of drug-likeness (QED) is 0.817. The molecule has 1 heterocycles. The fourth-order valence-corrected chi connectivity index (χ4v) is 1.47. The van der Waals surface area contributed by atoms with Crippen LogP contribution < -0.4 is 5.32 Å². The number of nitrogens with one attached hydrogen (secondary N) is 1. The van der Waals surface area contributed by atoms with Gasteiger partial charge >= 0.3 is 5.97 Å². The number of rotatable bonds is 4. The Hall–Kier alpha value is -3.02. The molecule has 2 N–H and O–H groups in total. The number of hydrogen-bond donors (Lipinski definition) is 2. The van der Waals surface area contributed by atoms with Gasteiger partial charge in [-0.25, -0.2) is 4.79 Å². The molecule has 20 heavy (non-hydrogen) atoms. The van der Waals surface area contributed by atoms with Gasteiger partial charge in [-0.2, -0.15) is 0 Å². The van der Waals surface area contributed by atoms with Crippen LogP contribution in [-0.4, -0.2) is 27.0 Å². The zero-order valence-electron chi connectivity index (χ0n) is 10.4. The topological polar surface area (TPSA) is 92.2 Å². The summed E-state index contributed by atoms with van der Waals surface area (Å²) in [5.41, 5.74) is 0.455. The van der Waals surface area contributed by atoms with Gasteiger partial charge in [0.1, 0.15) is 5.70 Å². The van der Waals surface area contributed by atoms with Crippen molar-refractivity contribution >= 4 is 18.0 Å². The van der Waals surface area contributed by atoms with Crippen molar-refractivity contribution in [3.63, 3.8) is 0 Å². The molecule has 2 rings (SSSR count). The van der Waals surface area contributed by atoms with E-state index in [9.17, 15) is 9.59 Å². The summed E-state index contributed by atoms with van der Waals surface area (Å²) in [4.78, 5) is 30.8. The van der Waals surface area contributed by atoms with Gasteiger partial charge in [-0.15, -0.1) is 0 Å². The Balaban J connectivity index is 2.21. The Labute approximate surface area is 114 Å². The molecule has 0 fully saturated rings. The van der Waals surface area contributed by atoms with E-state index in [4.69, 9.17) is 5.11 Å². The molecule has 1 amide bonds. The van der Waals surface area contributed by atoms with E-state index in [1.165, 1.54) is 24.7 Å². The van der Waals surface area contributed by atoms with Gasteiger partial charge in [0, 0.05) is 18.0 Å². The summed E-state index contributed by atoms with van der Waals surface area (Å²) in [5.74, 6) is -1.75. The Morgan fingerprint density at radius 1 is 1.15 bits per heavy atom. The number of amides is 1. The standard InChI is InChI=1S/C14H11N3O3/c18-13(10-4-2-1-3-5-10)17-12(14(19)20)8-11-9-15-6-7-16-11/h1-9H,(H,17,18)(H,19,20)/b12-8-. The lowest BCUT2D eigenvalue weighted by Crippen LogP contribution is -2.27. The third-order valence-corrected chi connectivity index (χ3v) is 2.39. The van der Waals surface area contributed by atoms with Gasteiger partial charge in [-0.05, 0) is 18.2 Å². The first kappa shape index (κ1) is 13.4. The smallest absolute Gasteiger partial charge is 0.352 e. The van der Waals surface area contributed by atoms with E-state index in [2.05, 4.69) is 15.3 Å². The summed E-state index contributed by atoms with van der Waals surface area (Å²) in [6, 6.07) is 8.35. The maximum Gasteiger partial charge on any atom is 0.352 e. The minimum atomic E-state index is -1.25. The molecule has 6 nitrogen and oxygen atoms in total. The third-order valence-electron chi connectivity index (χ3n) is 2.39. The summed E-state index contributed by atoms with van der Waals surface area (Å²) < 4.78 is 0. The van der Waals surface area contributed by atoms with Gasteiger partial charge < -0.3 is 10.4 Å². The molecule has 0 aliphatic heterocycles. The van der Waals surface area contributed by atoms with Crippen molar-refractivity contribution in [3.05, 3.63) is 65.9 Å². The molecule has 2 aromatic rings. The zero-order chi connectivity index (χ0) is 14.4. The molecule has 0 aliphatic rings. The van der Waals surface area contributed by atoms with Crippen LogP contribution in [0.3, 0.4) is 0 Å². The van der Waals surface area contributed by atoms with Crippen molar-refractivity contribution in [1.29, 1.82) is 0 Å². The second-order valence-electron chi connectivity index (χ2n) is 3.81. The average molecular weight is 269 g/mol. The Morgan fingerprint density at radius 2 is 1.90 bits per heavy atom. The van der Waals surface area contributed by atoms with E-state index in [-0.39, 0.29) is 5.70 Å². The van der Waals surface area contributed by atoms with Crippen molar-refractivity contribution < 1.29 is 14.7 Å². The SMILES string of the molecule is O=C(O)/C(=C/c1cnccn1)NC(=O)c1ccccc1. The molecule has 0 bridgehead atoms. The van der Waals surface area contributed by atoms with Crippen molar-refractivity contribution in [3.8, 4) is 0 Å². The minimum Gasteiger partial charge on any atom is -0.477 e. The first-order valence-corrected chi connectivity index (χ1v) is 5.74. The van der Waals surface area contributed by atoms with Crippen LogP contribution >= 0.6 is 0 Å². The summed E-state index contributed by atoms with van der Waals surface area (Å²) >= 11 is 0. The maximum absolute atomic E-state index is 11.9. The monoisotopic (exact) mass is 269 g/mol. The van der Waals surface area contributed by atoms with Gasteiger partial charge in [0.05, 0.1) is 11.9 Å². The molecule has 0 atom stereocenters. The van der Waals surface area contributed by atoms with E-state index >= 15 is 0 Å². The molecule has 1 aromatic carbocycles. The van der Waals surface area contributed by atoms with E-state index < -0.39 is 11.9 Å². The third kappa shape index (κ3) is 3.49. The number of aliphatic carboxylic acids is 1. The molecule has 1 aromatic heterocycles. The summed E-state index contributed by atoms with van der Waals surface area (Å²) in [6.45, 7) is 0. The van der Waals surface area contributed by atoms with Crippen molar-refractivity contribution in [1.82, 2.24) is 15.3 Å². The highest BCUT2D eigenvalue weighted by molar-refractivity contribution is 6.02. The summed E-state index contributed by atoms with van der Waals surface area (Å²) in [5, 5.41) is 11.4. The normalized spacial score (nSPS) is 10.9. The van der Waals surface area contributed by atoms with Crippen LogP contribution in [-0.2, 0) is 4.79 Å². The second kappa shape index (κ2) is 6.24. The Bertz CT molecular complexity index is 639. The number of benzene rings is 1. The van der Waals surface area contributed by atoms with E-state index in [0.717, 1.165) is 0 Å². The van der Waals surface area contributed by atoms with Crippen LogP contribution in [0.2, 0.25) is 0 Å². The predicted molar refractivity (Wildman–Crippen MR) is 71.6 cm³/mol. The van der Waals surface area contributed by atoms with E-state index in [1.54, 1.807) is 30.3 Å². The average Bonchev–Trinajstić information content (AvgIpc) is 2.48. The number of carbonyl (C=O) groups excluding carboxylic acids is 1. The van der Waals surface area contributed by atoms with Gasteiger partial charge in [0.2, 0.25) is 0 Å². The molecule has 0 saturated heterocycles. The van der Waals surface area contributed by atoms with Gasteiger partial charge in [0.25, 0.3) is 5.91 Å². The summed E-state index contributed by atoms with van der Waals surface area (Å²) in [7, 11) is 0. The molecule has 0 unspecified atom stereocenters. The lowest BCUT2D eigenvalue weighted by molar-refractivity contribution is -0.132. The molecule has 0 radical (unpaired) electrons. The molecule has 6 heteroatoms. The predicted octanol–water partition coefficient (Wildman–Crippen LogP) is 1.33. The first-order valence-electron chi connectivity index (χ1n) is 5.74. The zero-order valence-corrected chi connectivity index (χ0v) is 10.4. The second-order valence-corrected chi connectivity index (χ2v) is 3.81. The maximum atomic E-state index is 11.9. The van der Waals surface area contributed by atoms with Gasteiger partial charge in [-0.3, -0.25) is 14.8 Å². The molecule has 0 saturated carbocycles. The highest BCUT2D eigenvalue weighted by Crippen LogP contribution is 2.04. The van der Waals surface area contributed by atoms with Crippen LogP contribution in [0.15, 0.2) is 54.6 Å². The lowest BCUT2D eigenvalue weighted by Gasteiger charge is -2.05. The molecular weight excluding hydrogens is 258 g/mol. The molecule has 0 spiro atoms. The molecular formula is C14H11N3O3. The Kier molecular flexibility index (Phi) is 4.18. The van der Waals surface area contributed by atoms with Gasteiger partial charge in [-0.1, -0.05) is 18.2 Å². The molecule has 0 aliphatic carbocycles. The molecule has 100 valence electrons. The van der Waals surface area contributed by atoms with E-state index in [1.807, 2.05) is 0 Å². The van der Waals surface area contributed by atoms with Crippen molar-refractivity contribution in [2.75, 3.05) is 0 Å².